The quantitative estimate of drug-likeness (QED) is 0.720. The second kappa shape index (κ2) is 7.96. The van der Waals surface area contributed by atoms with Crippen molar-refractivity contribution in [2.75, 3.05) is 47.1 Å². The fourth-order valence-corrected chi connectivity index (χ4v) is 2.14. The Morgan fingerprint density at radius 1 is 1.26 bits per heavy atom. The number of amides is 2. The molecule has 0 spiro atoms. The summed E-state index contributed by atoms with van der Waals surface area (Å²) in [4.78, 5) is 26.5. The maximum Gasteiger partial charge on any atom is 0.326 e. The molecule has 110 valence electrons. The summed E-state index contributed by atoms with van der Waals surface area (Å²) in [7, 11) is 3.13. The molecule has 0 saturated carbocycles. The van der Waals surface area contributed by atoms with Gasteiger partial charge in [-0.15, -0.1) is 0 Å². The molecule has 19 heavy (non-hydrogen) atoms. The SMILES string of the molecule is COCCN(CCOC)C(=O)N1CCC[C@H]1C(=O)O. The molecule has 1 aliphatic heterocycles. The lowest BCUT2D eigenvalue weighted by atomic mass is 10.2. The average Bonchev–Trinajstić information content (AvgIpc) is 2.87. The molecule has 1 N–H and O–H groups in total. The molecule has 1 atom stereocenters. The van der Waals surface area contributed by atoms with E-state index in [1.165, 1.54) is 4.90 Å². The van der Waals surface area contributed by atoms with E-state index in [0.29, 0.717) is 39.3 Å². The monoisotopic (exact) mass is 274 g/mol. The summed E-state index contributed by atoms with van der Waals surface area (Å²) in [5.74, 6) is -0.940. The minimum absolute atomic E-state index is 0.251. The van der Waals surface area contributed by atoms with E-state index in [4.69, 9.17) is 14.6 Å². The van der Waals surface area contributed by atoms with Crippen molar-refractivity contribution in [1.82, 2.24) is 9.80 Å². The smallest absolute Gasteiger partial charge is 0.326 e. The summed E-state index contributed by atoms with van der Waals surface area (Å²) in [6.45, 7) is 2.19. The Balaban J connectivity index is 2.65. The van der Waals surface area contributed by atoms with Crippen molar-refractivity contribution in [2.24, 2.45) is 0 Å². The van der Waals surface area contributed by atoms with E-state index < -0.39 is 12.0 Å². The number of methoxy groups -OCH3 is 2. The van der Waals surface area contributed by atoms with Crippen molar-refractivity contribution in [3.63, 3.8) is 0 Å². The summed E-state index contributed by atoms with van der Waals surface area (Å²) in [6, 6.07) is -0.959. The highest BCUT2D eigenvalue weighted by Crippen LogP contribution is 2.19. The molecule has 1 fully saturated rings. The molecule has 0 radical (unpaired) electrons. The van der Waals surface area contributed by atoms with Crippen molar-refractivity contribution in [3.05, 3.63) is 0 Å². The van der Waals surface area contributed by atoms with E-state index in [0.717, 1.165) is 6.42 Å². The third-order valence-corrected chi connectivity index (χ3v) is 3.18. The van der Waals surface area contributed by atoms with Crippen LogP contribution in [0.25, 0.3) is 0 Å². The number of rotatable bonds is 7. The van der Waals surface area contributed by atoms with Crippen LogP contribution in [0.1, 0.15) is 12.8 Å². The van der Waals surface area contributed by atoms with Gasteiger partial charge in [0.2, 0.25) is 0 Å². The number of carboxylic acid groups (broad SMARTS) is 1. The molecular formula is C12H22N2O5. The molecule has 7 heteroatoms. The third kappa shape index (κ3) is 4.36. The predicted molar refractivity (Wildman–Crippen MR) is 68.1 cm³/mol. The van der Waals surface area contributed by atoms with Gasteiger partial charge in [-0.25, -0.2) is 9.59 Å². The number of urea groups is 1. The number of carboxylic acids is 1. The molecule has 0 aromatic heterocycles. The fourth-order valence-electron chi connectivity index (χ4n) is 2.14. The predicted octanol–water partition coefficient (Wildman–Crippen LogP) is 0.250. The first kappa shape index (κ1) is 15.7. The van der Waals surface area contributed by atoms with E-state index in [9.17, 15) is 9.59 Å². The molecule has 1 saturated heterocycles. The number of hydrogen-bond acceptors (Lipinski definition) is 4. The molecule has 1 aliphatic rings. The molecule has 0 bridgehead atoms. The number of aliphatic carboxylic acids is 1. The van der Waals surface area contributed by atoms with E-state index in [2.05, 4.69) is 0 Å². The summed E-state index contributed by atoms with van der Waals surface area (Å²) in [5.41, 5.74) is 0. The Morgan fingerprint density at radius 2 is 1.84 bits per heavy atom. The van der Waals surface area contributed by atoms with Gasteiger partial charge in [0.1, 0.15) is 6.04 Å². The highest BCUT2D eigenvalue weighted by Gasteiger charge is 2.35. The van der Waals surface area contributed by atoms with E-state index in [1.807, 2.05) is 0 Å². The van der Waals surface area contributed by atoms with Gasteiger partial charge in [0.25, 0.3) is 0 Å². The van der Waals surface area contributed by atoms with Crippen LogP contribution in [0.2, 0.25) is 0 Å². The van der Waals surface area contributed by atoms with Crippen LogP contribution in [0.5, 0.6) is 0 Å². The second-order valence-corrected chi connectivity index (χ2v) is 4.44. The number of carbonyl (C=O) groups excluding carboxylic acids is 1. The molecule has 2 amide bonds. The maximum atomic E-state index is 12.3. The molecule has 0 aromatic rings. The Labute approximate surface area is 113 Å². The summed E-state index contributed by atoms with van der Waals surface area (Å²) in [6.07, 6.45) is 1.24. The lowest BCUT2D eigenvalue weighted by Gasteiger charge is -2.30. The van der Waals surface area contributed by atoms with Crippen LogP contribution in [0.4, 0.5) is 4.79 Å². The summed E-state index contributed by atoms with van der Waals surface area (Å²) in [5, 5.41) is 9.10. The Bertz CT molecular complexity index is 302. The van der Waals surface area contributed by atoms with Crippen molar-refractivity contribution < 1.29 is 24.2 Å². The standard InChI is InChI=1S/C12H22N2O5/c1-18-8-6-13(7-9-19-2)12(17)14-5-3-4-10(14)11(15)16/h10H,3-9H2,1-2H3,(H,15,16)/t10-/m0/s1. The zero-order chi connectivity index (χ0) is 14.3. The first-order valence-electron chi connectivity index (χ1n) is 6.38. The van der Waals surface area contributed by atoms with Crippen molar-refractivity contribution in [2.45, 2.75) is 18.9 Å². The van der Waals surface area contributed by atoms with Crippen LogP contribution in [-0.4, -0.2) is 80.0 Å². The van der Waals surface area contributed by atoms with E-state index in [1.54, 1.807) is 19.1 Å². The molecule has 0 unspecified atom stereocenters. The lowest BCUT2D eigenvalue weighted by Crippen LogP contribution is -2.49. The number of ether oxygens (including phenoxy) is 2. The maximum absolute atomic E-state index is 12.3. The Hall–Kier alpha value is -1.34. The van der Waals surface area contributed by atoms with Crippen molar-refractivity contribution >= 4 is 12.0 Å². The van der Waals surface area contributed by atoms with Gasteiger partial charge in [-0.2, -0.15) is 0 Å². The minimum Gasteiger partial charge on any atom is -0.480 e. The van der Waals surface area contributed by atoms with Crippen LogP contribution < -0.4 is 0 Å². The van der Waals surface area contributed by atoms with Gasteiger partial charge in [-0.05, 0) is 12.8 Å². The summed E-state index contributed by atoms with van der Waals surface area (Å²) < 4.78 is 9.94. The van der Waals surface area contributed by atoms with E-state index >= 15 is 0 Å². The molecule has 7 nitrogen and oxygen atoms in total. The van der Waals surface area contributed by atoms with Crippen LogP contribution in [0, 0.1) is 0 Å². The topological polar surface area (TPSA) is 79.3 Å². The van der Waals surface area contributed by atoms with E-state index in [-0.39, 0.29) is 6.03 Å². The number of hydrogen-bond donors (Lipinski definition) is 1. The van der Waals surface area contributed by atoms with Crippen LogP contribution >= 0.6 is 0 Å². The normalized spacial score (nSPS) is 18.6. The average molecular weight is 274 g/mol. The van der Waals surface area contributed by atoms with Crippen LogP contribution in [-0.2, 0) is 14.3 Å². The molecule has 1 rings (SSSR count). The summed E-state index contributed by atoms with van der Waals surface area (Å²) >= 11 is 0. The third-order valence-electron chi connectivity index (χ3n) is 3.18. The van der Waals surface area contributed by atoms with Gasteiger partial charge in [0.15, 0.2) is 0 Å². The van der Waals surface area contributed by atoms with Gasteiger partial charge in [0.05, 0.1) is 13.2 Å². The molecule has 0 aliphatic carbocycles. The molecule has 0 aromatic carbocycles. The van der Waals surface area contributed by atoms with Gasteiger partial charge in [-0.1, -0.05) is 0 Å². The Kier molecular flexibility index (Phi) is 6.58. The van der Waals surface area contributed by atoms with Crippen LogP contribution in [0.3, 0.4) is 0 Å². The largest absolute Gasteiger partial charge is 0.480 e. The molecule has 1 heterocycles. The zero-order valence-corrected chi connectivity index (χ0v) is 11.5. The zero-order valence-electron chi connectivity index (χ0n) is 11.5. The molecular weight excluding hydrogens is 252 g/mol. The minimum atomic E-state index is -0.940. The number of likely N-dealkylation sites (tertiary alicyclic amines) is 1. The van der Waals surface area contributed by atoms with Gasteiger partial charge in [0, 0.05) is 33.9 Å². The van der Waals surface area contributed by atoms with Crippen molar-refractivity contribution in [3.8, 4) is 0 Å². The Morgan fingerprint density at radius 3 is 2.32 bits per heavy atom. The second-order valence-electron chi connectivity index (χ2n) is 4.44. The van der Waals surface area contributed by atoms with Gasteiger partial charge >= 0.3 is 12.0 Å². The van der Waals surface area contributed by atoms with Crippen molar-refractivity contribution in [1.29, 1.82) is 0 Å². The number of nitrogens with zero attached hydrogens (tertiary/aromatic N) is 2. The first-order chi connectivity index (χ1) is 9.11. The fraction of sp³-hybridized carbons (Fsp3) is 0.833. The highest BCUT2D eigenvalue weighted by molar-refractivity contribution is 5.83. The van der Waals surface area contributed by atoms with Gasteiger partial charge < -0.3 is 24.4 Å². The first-order valence-corrected chi connectivity index (χ1v) is 6.38. The lowest BCUT2D eigenvalue weighted by molar-refractivity contribution is -0.141. The van der Waals surface area contributed by atoms with Crippen LogP contribution in [0.15, 0.2) is 0 Å². The van der Waals surface area contributed by atoms with Gasteiger partial charge in [-0.3, -0.25) is 0 Å². The number of carbonyl (C=O) groups is 2. The highest BCUT2D eigenvalue weighted by atomic mass is 16.5.